The second-order valence-electron chi connectivity index (χ2n) is 4.36. The van der Waals surface area contributed by atoms with Gasteiger partial charge in [0.1, 0.15) is 11.5 Å². The van der Waals surface area contributed by atoms with Crippen LogP contribution in [0.3, 0.4) is 0 Å². The number of aromatic amines is 1. The number of benzene rings is 1. The highest BCUT2D eigenvalue weighted by Gasteiger charge is 2.15. The number of ketones is 1. The van der Waals surface area contributed by atoms with E-state index < -0.39 is 4.92 Å². The third-order valence-electron chi connectivity index (χ3n) is 2.83. The zero-order valence-corrected chi connectivity index (χ0v) is 11.3. The number of nitro groups is 1. The van der Waals surface area contributed by atoms with E-state index in [1.165, 1.54) is 19.1 Å². The van der Waals surface area contributed by atoms with Crippen LogP contribution in [0.25, 0.3) is 0 Å². The van der Waals surface area contributed by atoms with Crippen molar-refractivity contribution >= 4 is 23.1 Å². The summed E-state index contributed by atoms with van der Waals surface area (Å²) in [5, 5.41) is 20.3. The molecule has 9 nitrogen and oxygen atoms in total. The van der Waals surface area contributed by atoms with E-state index in [1.54, 1.807) is 6.07 Å². The van der Waals surface area contributed by atoms with Gasteiger partial charge in [0, 0.05) is 24.6 Å². The maximum atomic E-state index is 11.3. The molecule has 2 aromatic rings. The fourth-order valence-corrected chi connectivity index (χ4v) is 1.79. The Morgan fingerprint density at radius 2 is 2.29 bits per heavy atom. The van der Waals surface area contributed by atoms with Crippen molar-refractivity contribution in [3.05, 3.63) is 39.7 Å². The largest absolute Gasteiger partial charge is 0.379 e. The third-order valence-corrected chi connectivity index (χ3v) is 2.83. The maximum Gasteiger partial charge on any atom is 0.293 e. The van der Waals surface area contributed by atoms with Gasteiger partial charge >= 0.3 is 0 Å². The lowest BCUT2D eigenvalue weighted by Gasteiger charge is -2.07. The number of anilines is 2. The van der Waals surface area contributed by atoms with E-state index in [0.717, 1.165) is 0 Å². The Balaban J connectivity index is 2.08. The van der Waals surface area contributed by atoms with Crippen LogP contribution in [-0.4, -0.2) is 32.4 Å². The monoisotopic (exact) mass is 290 g/mol. The van der Waals surface area contributed by atoms with Crippen molar-refractivity contribution in [2.24, 2.45) is 0 Å². The minimum atomic E-state index is -0.527. The molecule has 0 aliphatic carbocycles. The zero-order valence-electron chi connectivity index (χ0n) is 11.3. The molecule has 1 aromatic heterocycles. The molecule has 0 radical (unpaired) electrons. The predicted molar refractivity (Wildman–Crippen MR) is 76.1 cm³/mol. The number of aromatic nitrogens is 3. The van der Waals surface area contributed by atoms with Crippen LogP contribution < -0.4 is 11.1 Å². The Morgan fingerprint density at radius 1 is 1.52 bits per heavy atom. The van der Waals surface area contributed by atoms with Gasteiger partial charge in [-0.2, -0.15) is 4.98 Å². The number of nitrogens with zero attached hydrogens (tertiary/aromatic N) is 3. The van der Waals surface area contributed by atoms with E-state index in [2.05, 4.69) is 20.5 Å². The van der Waals surface area contributed by atoms with Gasteiger partial charge < -0.3 is 11.1 Å². The second kappa shape index (κ2) is 5.99. The first-order valence-corrected chi connectivity index (χ1v) is 6.17. The number of nitrogens with two attached hydrogens (primary N) is 1. The average Bonchev–Trinajstić information content (AvgIpc) is 2.84. The SMILES string of the molecule is CC(=O)c1ccc(NCCc2nc(N)n[nH]2)c([N+](=O)[O-])c1. The van der Waals surface area contributed by atoms with Crippen LogP contribution in [0.1, 0.15) is 23.1 Å². The Morgan fingerprint density at radius 3 is 2.86 bits per heavy atom. The Labute approximate surface area is 119 Å². The van der Waals surface area contributed by atoms with Crippen molar-refractivity contribution in [3.8, 4) is 0 Å². The highest BCUT2D eigenvalue weighted by molar-refractivity contribution is 5.95. The number of hydrogen-bond donors (Lipinski definition) is 3. The van der Waals surface area contributed by atoms with Gasteiger partial charge in [0.15, 0.2) is 5.78 Å². The molecular weight excluding hydrogens is 276 g/mol. The lowest BCUT2D eigenvalue weighted by Crippen LogP contribution is -2.08. The van der Waals surface area contributed by atoms with Crippen molar-refractivity contribution in [2.45, 2.75) is 13.3 Å². The summed E-state index contributed by atoms with van der Waals surface area (Å²) in [6.07, 6.45) is 0.482. The molecule has 1 aromatic carbocycles. The van der Waals surface area contributed by atoms with E-state index in [-0.39, 0.29) is 17.4 Å². The fourth-order valence-electron chi connectivity index (χ4n) is 1.79. The number of hydrogen-bond acceptors (Lipinski definition) is 7. The summed E-state index contributed by atoms with van der Waals surface area (Å²) in [6, 6.07) is 4.32. The quantitative estimate of drug-likeness (QED) is 0.411. The molecule has 21 heavy (non-hydrogen) atoms. The van der Waals surface area contributed by atoms with Crippen LogP contribution in [0.4, 0.5) is 17.3 Å². The molecule has 2 rings (SSSR count). The lowest BCUT2D eigenvalue weighted by molar-refractivity contribution is -0.384. The number of carbonyl (C=O) groups excluding carboxylic acids is 1. The Bertz CT molecular complexity index is 681. The summed E-state index contributed by atoms with van der Waals surface area (Å²) in [4.78, 5) is 25.7. The topological polar surface area (TPSA) is 140 Å². The van der Waals surface area contributed by atoms with Crippen molar-refractivity contribution in [3.63, 3.8) is 0 Å². The Kier molecular flexibility index (Phi) is 4.12. The first kappa shape index (κ1) is 14.4. The van der Waals surface area contributed by atoms with Crippen molar-refractivity contribution < 1.29 is 9.72 Å². The maximum absolute atomic E-state index is 11.3. The standard InChI is InChI=1S/C12H14N6O3/c1-7(19)8-2-3-9(10(6-8)18(20)21)14-5-4-11-15-12(13)17-16-11/h2-3,6,14H,4-5H2,1H3,(H3,13,15,16,17). The van der Waals surface area contributed by atoms with E-state index in [9.17, 15) is 14.9 Å². The highest BCUT2D eigenvalue weighted by Crippen LogP contribution is 2.25. The molecule has 0 amide bonds. The molecule has 0 saturated carbocycles. The molecule has 9 heteroatoms. The normalized spacial score (nSPS) is 10.3. The molecule has 0 aliphatic heterocycles. The number of carbonyl (C=O) groups is 1. The molecule has 110 valence electrons. The molecule has 0 aliphatic rings. The predicted octanol–water partition coefficient (Wildman–Crippen LogP) is 1.15. The fraction of sp³-hybridized carbons (Fsp3) is 0.250. The van der Waals surface area contributed by atoms with Gasteiger partial charge in [-0.05, 0) is 19.1 Å². The number of nitrogen functional groups attached to an aromatic ring is 1. The summed E-state index contributed by atoms with van der Waals surface area (Å²) in [5.74, 6) is 0.520. The smallest absolute Gasteiger partial charge is 0.293 e. The van der Waals surface area contributed by atoms with Crippen molar-refractivity contribution in [1.82, 2.24) is 15.2 Å². The minimum Gasteiger partial charge on any atom is -0.379 e. The van der Waals surface area contributed by atoms with Crippen LogP contribution in [0.5, 0.6) is 0 Å². The van der Waals surface area contributed by atoms with Crippen LogP contribution in [-0.2, 0) is 6.42 Å². The summed E-state index contributed by atoms with van der Waals surface area (Å²) in [6.45, 7) is 1.77. The van der Waals surface area contributed by atoms with Gasteiger partial charge in [0.2, 0.25) is 5.95 Å². The van der Waals surface area contributed by atoms with Gasteiger partial charge in [-0.3, -0.25) is 20.0 Å². The summed E-state index contributed by atoms with van der Waals surface area (Å²) in [5.41, 5.74) is 5.88. The number of nitro benzene ring substituents is 1. The van der Waals surface area contributed by atoms with Gasteiger partial charge in [0.05, 0.1) is 4.92 Å². The van der Waals surface area contributed by atoms with Crippen molar-refractivity contribution in [1.29, 1.82) is 0 Å². The van der Waals surface area contributed by atoms with Gasteiger partial charge in [0.25, 0.3) is 5.69 Å². The zero-order chi connectivity index (χ0) is 15.4. The van der Waals surface area contributed by atoms with E-state index in [0.29, 0.717) is 30.0 Å². The summed E-state index contributed by atoms with van der Waals surface area (Å²) >= 11 is 0. The third kappa shape index (κ3) is 3.53. The molecular formula is C12H14N6O3. The highest BCUT2D eigenvalue weighted by atomic mass is 16.6. The van der Waals surface area contributed by atoms with Gasteiger partial charge in [-0.15, -0.1) is 5.10 Å². The van der Waals surface area contributed by atoms with Gasteiger partial charge in [-0.25, -0.2) is 0 Å². The first-order chi connectivity index (χ1) is 9.97. The van der Waals surface area contributed by atoms with Crippen molar-refractivity contribution in [2.75, 3.05) is 17.6 Å². The number of rotatable bonds is 6. The average molecular weight is 290 g/mol. The summed E-state index contributed by atoms with van der Waals surface area (Å²) in [7, 11) is 0. The number of H-pyrrole nitrogens is 1. The minimum absolute atomic E-state index is 0.139. The molecule has 0 unspecified atom stereocenters. The summed E-state index contributed by atoms with van der Waals surface area (Å²) < 4.78 is 0. The van der Waals surface area contributed by atoms with E-state index in [1.807, 2.05) is 0 Å². The van der Waals surface area contributed by atoms with Gasteiger partial charge in [-0.1, -0.05) is 0 Å². The van der Waals surface area contributed by atoms with Crippen LogP contribution >= 0.6 is 0 Å². The first-order valence-electron chi connectivity index (χ1n) is 6.17. The van der Waals surface area contributed by atoms with Crippen LogP contribution in [0, 0.1) is 10.1 Å². The molecule has 4 N–H and O–H groups in total. The molecule has 0 saturated heterocycles. The second-order valence-corrected chi connectivity index (χ2v) is 4.36. The van der Waals surface area contributed by atoms with E-state index >= 15 is 0 Å². The Hall–Kier alpha value is -2.97. The van der Waals surface area contributed by atoms with Crippen LogP contribution in [0.15, 0.2) is 18.2 Å². The number of Topliss-reactive ketones (excluding diaryl/α,β-unsaturated/α-hetero) is 1. The van der Waals surface area contributed by atoms with Crippen LogP contribution in [0.2, 0.25) is 0 Å². The lowest BCUT2D eigenvalue weighted by atomic mass is 10.1. The molecule has 0 atom stereocenters. The number of nitrogens with one attached hydrogen (secondary N) is 2. The van der Waals surface area contributed by atoms with E-state index in [4.69, 9.17) is 5.73 Å². The molecule has 0 bridgehead atoms. The molecule has 0 fully saturated rings. The molecule has 0 spiro atoms. The molecule has 1 heterocycles.